The Morgan fingerprint density at radius 3 is 2.58 bits per heavy atom. The van der Waals surface area contributed by atoms with Gasteiger partial charge in [0.15, 0.2) is 0 Å². The van der Waals surface area contributed by atoms with Crippen LogP contribution in [0.1, 0.15) is 64.5 Å². The number of hydrogen-bond donors (Lipinski definition) is 3. The zero-order valence-corrected chi connectivity index (χ0v) is 22.2. The molecule has 5 aliphatic rings. The average Bonchev–Trinajstić information content (AvgIpc) is 3.06. The number of alkyl halides is 2. The number of amides is 1. The van der Waals surface area contributed by atoms with E-state index in [0.29, 0.717) is 30.7 Å². The molecule has 1 heterocycles. The van der Waals surface area contributed by atoms with Gasteiger partial charge in [-0.15, -0.1) is 0 Å². The molecular weight excluding hydrogens is 497 g/mol. The summed E-state index contributed by atoms with van der Waals surface area (Å²) >= 11 is 0. The van der Waals surface area contributed by atoms with Crippen molar-refractivity contribution in [3.8, 4) is 0 Å². The lowest BCUT2D eigenvalue weighted by molar-refractivity contribution is -0.253. The van der Waals surface area contributed by atoms with Crippen LogP contribution in [0.2, 0.25) is 0 Å². The van der Waals surface area contributed by atoms with Crippen LogP contribution < -0.4 is 16.0 Å². The van der Waals surface area contributed by atoms with Gasteiger partial charge in [-0.05, 0) is 56.7 Å². The van der Waals surface area contributed by atoms with E-state index in [-0.39, 0.29) is 47.6 Å². The molecule has 7 nitrogen and oxygen atoms in total. The van der Waals surface area contributed by atoms with Crippen molar-refractivity contribution in [3.05, 3.63) is 52.1 Å². The molecule has 2 atom stereocenters. The van der Waals surface area contributed by atoms with Crippen LogP contribution in [-0.2, 0) is 27.3 Å². The molecule has 1 aromatic rings. The van der Waals surface area contributed by atoms with Gasteiger partial charge in [-0.25, -0.2) is 13.2 Å². The van der Waals surface area contributed by atoms with Crippen LogP contribution in [0.25, 0.3) is 0 Å². The molecule has 38 heavy (non-hydrogen) atoms. The first-order chi connectivity index (χ1) is 17.8. The van der Waals surface area contributed by atoms with Gasteiger partial charge in [0, 0.05) is 42.0 Å². The Morgan fingerprint density at radius 2 is 2.00 bits per heavy atom. The first kappa shape index (κ1) is 26.9. The number of halogens is 3. The summed E-state index contributed by atoms with van der Waals surface area (Å²) in [5, 5.41) is 9.77. The van der Waals surface area contributed by atoms with Gasteiger partial charge in [-0.1, -0.05) is 24.8 Å². The third-order valence-electron chi connectivity index (χ3n) is 8.79. The highest BCUT2D eigenvalue weighted by Gasteiger charge is 2.74. The number of hydrogen-bond acceptors (Lipinski definition) is 6. The summed E-state index contributed by atoms with van der Waals surface area (Å²) in [6.07, 6.45) is 3.07. The summed E-state index contributed by atoms with van der Waals surface area (Å²) < 4.78 is 46.2. The van der Waals surface area contributed by atoms with Crippen LogP contribution in [0.4, 0.5) is 13.2 Å². The lowest BCUT2D eigenvalue weighted by atomic mass is 9.37. The molecule has 6 rings (SSSR count). The Morgan fingerprint density at radius 1 is 1.32 bits per heavy atom. The first-order valence-electron chi connectivity index (χ1n) is 13.1. The number of benzene rings is 1. The van der Waals surface area contributed by atoms with Crippen molar-refractivity contribution >= 4 is 12.4 Å². The van der Waals surface area contributed by atoms with Crippen LogP contribution >= 0.6 is 0 Å². The molecule has 206 valence electrons. The Hall–Kier alpha value is -2.65. The smallest absolute Gasteiger partial charge is 0.294 e. The maximum atomic E-state index is 14.4. The first-order valence-corrected chi connectivity index (χ1v) is 13.1. The lowest BCUT2D eigenvalue weighted by Gasteiger charge is -2.75. The average molecular weight is 533 g/mol. The van der Waals surface area contributed by atoms with E-state index in [9.17, 15) is 22.8 Å². The van der Waals surface area contributed by atoms with Gasteiger partial charge in [-0.2, -0.15) is 0 Å². The number of ether oxygens (including phenoxy) is 1. The van der Waals surface area contributed by atoms with Crippen LogP contribution in [0.5, 0.6) is 0 Å². The highest BCUT2D eigenvalue weighted by Crippen LogP contribution is 2.71. The van der Waals surface area contributed by atoms with Gasteiger partial charge in [0.1, 0.15) is 18.6 Å². The minimum atomic E-state index is -2.93. The second kappa shape index (κ2) is 9.23. The highest BCUT2D eigenvalue weighted by molar-refractivity contribution is 5.85. The molecule has 10 heteroatoms. The minimum Gasteiger partial charge on any atom is -0.452 e. The molecule has 1 saturated heterocycles. The number of aryl methyl sites for hydroxylation is 1. The Balaban J connectivity index is 1.23. The predicted molar refractivity (Wildman–Crippen MR) is 134 cm³/mol. The molecular formula is C28H35F3N4O3. The van der Waals surface area contributed by atoms with E-state index >= 15 is 0 Å². The number of nitrogens with one attached hydrogen (secondary N) is 3. The van der Waals surface area contributed by atoms with E-state index in [1.165, 1.54) is 0 Å². The maximum absolute atomic E-state index is 14.4. The fraction of sp³-hybridized carbons (Fsp3) is 0.607. The van der Waals surface area contributed by atoms with Crippen molar-refractivity contribution in [2.75, 3.05) is 6.73 Å². The molecule has 0 radical (unpaired) electrons. The molecule has 4 fully saturated rings. The fourth-order valence-electron chi connectivity index (χ4n) is 6.63. The predicted octanol–water partition coefficient (Wildman–Crippen LogP) is 3.49. The summed E-state index contributed by atoms with van der Waals surface area (Å²) in [5.74, 6) is -3.43. The normalized spacial score (nSPS) is 30.9. The molecule has 4 aliphatic carbocycles. The van der Waals surface area contributed by atoms with Crippen molar-refractivity contribution in [2.24, 2.45) is 5.41 Å². The number of carbonyl (C=O) groups is 2. The minimum absolute atomic E-state index is 0.0233. The number of nitrogens with zero attached hydrogens (tertiary/aromatic N) is 1. The van der Waals surface area contributed by atoms with Gasteiger partial charge in [-0.3, -0.25) is 25.1 Å². The van der Waals surface area contributed by atoms with Gasteiger partial charge in [0.25, 0.3) is 12.4 Å². The van der Waals surface area contributed by atoms with Crippen LogP contribution in [0, 0.1) is 11.2 Å². The lowest BCUT2D eigenvalue weighted by Crippen LogP contribution is -2.80. The quantitative estimate of drug-likeness (QED) is 0.230. The Bertz CT molecular complexity index is 1200. The van der Waals surface area contributed by atoms with E-state index in [0.717, 1.165) is 31.7 Å². The number of carbonyl (C=O) groups excluding carboxylic acids is 2. The molecule has 3 saturated carbocycles. The van der Waals surface area contributed by atoms with Crippen molar-refractivity contribution in [1.82, 2.24) is 20.9 Å². The van der Waals surface area contributed by atoms with Crippen molar-refractivity contribution in [3.63, 3.8) is 0 Å². The van der Waals surface area contributed by atoms with Crippen molar-refractivity contribution in [2.45, 2.75) is 95.6 Å². The topological polar surface area (TPSA) is 82.7 Å². The summed E-state index contributed by atoms with van der Waals surface area (Å²) in [4.78, 5) is 26.1. The van der Waals surface area contributed by atoms with Gasteiger partial charge in [0.05, 0.1) is 11.9 Å². The monoisotopic (exact) mass is 532 g/mol. The fourth-order valence-corrected chi connectivity index (χ4v) is 6.63. The Kier molecular flexibility index (Phi) is 6.54. The standard InChI is InChI=1S/C28H35F3N4O3/c1-5-18-7-6-17(8-21(18)29)11-35(15-38-16-36)28-12-27(13-28,14-28)24-33-22(25(2,3)34-24)23(37)32-20-9-19(10-20)26(4,30)31/h6-8,16,22,24,33-34H,5,9,11-15H2,1-4H3,(H,32,37)/t22-,24?,27?,28?/m0/s1. The molecule has 0 aromatic heterocycles. The molecule has 1 amide bonds. The second-order valence-corrected chi connectivity index (χ2v) is 12.0. The maximum Gasteiger partial charge on any atom is 0.294 e. The zero-order chi connectivity index (χ0) is 27.5. The molecule has 0 spiro atoms. The van der Waals surface area contributed by atoms with E-state index in [1.807, 2.05) is 26.8 Å². The molecule has 3 N–H and O–H groups in total. The number of rotatable bonds is 11. The van der Waals surface area contributed by atoms with E-state index < -0.39 is 17.5 Å². The Labute approximate surface area is 220 Å². The van der Waals surface area contributed by atoms with Crippen LogP contribution in [-0.4, -0.2) is 53.2 Å². The van der Waals surface area contributed by atoms with Crippen LogP contribution in [0.3, 0.4) is 0 Å². The SMILES string of the molecule is CCc1ccc(CN(COC=O)C23CC(C4N[C@@H](C(=O)NC5=C=C(C(C)(F)F)C5)C(C)(C)N4)(C2)C3)cc1F. The highest BCUT2D eigenvalue weighted by atomic mass is 19.3. The third-order valence-corrected chi connectivity index (χ3v) is 8.79. The molecule has 1 unspecified atom stereocenters. The van der Waals surface area contributed by atoms with E-state index in [4.69, 9.17) is 4.74 Å². The summed E-state index contributed by atoms with van der Waals surface area (Å²) in [6, 6.07) is 4.72. The summed E-state index contributed by atoms with van der Waals surface area (Å²) in [5.41, 5.74) is 3.58. The van der Waals surface area contributed by atoms with E-state index in [1.54, 1.807) is 12.1 Å². The largest absolute Gasteiger partial charge is 0.452 e. The van der Waals surface area contributed by atoms with E-state index in [2.05, 4.69) is 26.6 Å². The van der Waals surface area contributed by atoms with Gasteiger partial charge < -0.3 is 10.1 Å². The van der Waals surface area contributed by atoms with Gasteiger partial charge >= 0.3 is 0 Å². The van der Waals surface area contributed by atoms with Crippen molar-refractivity contribution < 1.29 is 27.5 Å². The van der Waals surface area contributed by atoms with Crippen LogP contribution in [0.15, 0.2) is 35.2 Å². The van der Waals surface area contributed by atoms with Crippen molar-refractivity contribution in [1.29, 1.82) is 0 Å². The second-order valence-electron chi connectivity index (χ2n) is 12.0. The summed E-state index contributed by atoms with van der Waals surface area (Å²) in [6.45, 7) is 7.65. The molecule has 1 aliphatic heterocycles. The summed E-state index contributed by atoms with van der Waals surface area (Å²) in [7, 11) is 0. The molecule has 1 aromatic carbocycles. The third kappa shape index (κ3) is 4.57. The molecule has 2 bridgehead atoms. The zero-order valence-electron chi connectivity index (χ0n) is 22.2. The van der Waals surface area contributed by atoms with Gasteiger partial charge in [0.2, 0.25) is 5.91 Å².